The summed E-state index contributed by atoms with van der Waals surface area (Å²) in [5.74, 6) is 0. The zero-order valence-corrected chi connectivity index (χ0v) is 13.0. The van der Waals surface area contributed by atoms with Crippen molar-refractivity contribution in [2.75, 3.05) is 26.2 Å². The summed E-state index contributed by atoms with van der Waals surface area (Å²) in [6.07, 6.45) is 3.01. The van der Waals surface area contributed by atoms with E-state index in [2.05, 4.69) is 10.2 Å². The molecule has 3 nitrogen and oxygen atoms in total. The number of morpholine rings is 1. The van der Waals surface area contributed by atoms with E-state index in [1.165, 1.54) is 12.8 Å². The quantitative estimate of drug-likeness (QED) is 0.904. The molecule has 2 aliphatic rings. The van der Waals surface area contributed by atoms with E-state index < -0.39 is 0 Å². The third kappa shape index (κ3) is 3.86. The zero-order chi connectivity index (χ0) is 13.9. The predicted octanol–water partition coefficient (Wildman–Crippen LogP) is 2.95. The largest absolute Gasteiger partial charge is 0.374 e. The van der Waals surface area contributed by atoms with Crippen LogP contribution in [0.2, 0.25) is 10.0 Å². The van der Waals surface area contributed by atoms with E-state index in [0.717, 1.165) is 44.4 Å². The summed E-state index contributed by atoms with van der Waals surface area (Å²) < 4.78 is 5.82. The van der Waals surface area contributed by atoms with Crippen LogP contribution < -0.4 is 5.32 Å². The van der Waals surface area contributed by atoms with Crippen LogP contribution in [0.4, 0.5) is 0 Å². The van der Waals surface area contributed by atoms with Crippen LogP contribution in [0.3, 0.4) is 0 Å². The van der Waals surface area contributed by atoms with Gasteiger partial charge < -0.3 is 10.1 Å². The van der Waals surface area contributed by atoms with E-state index in [4.69, 9.17) is 27.9 Å². The molecule has 1 saturated heterocycles. The highest BCUT2D eigenvalue weighted by molar-refractivity contribution is 6.35. The molecule has 5 heteroatoms. The number of nitrogens with zero attached hydrogens (tertiary/aromatic N) is 1. The molecule has 1 aromatic rings. The second-order valence-electron chi connectivity index (χ2n) is 5.59. The molecule has 0 spiro atoms. The third-order valence-electron chi connectivity index (χ3n) is 3.94. The van der Waals surface area contributed by atoms with Gasteiger partial charge in [-0.05, 0) is 30.5 Å². The second kappa shape index (κ2) is 6.63. The van der Waals surface area contributed by atoms with Crippen molar-refractivity contribution in [2.24, 2.45) is 0 Å². The lowest BCUT2D eigenvalue weighted by Crippen LogP contribution is -2.47. The number of ether oxygens (including phenoxy) is 1. The van der Waals surface area contributed by atoms with Crippen molar-refractivity contribution in [3.63, 3.8) is 0 Å². The van der Waals surface area contributed by atoms with Crippen LogP contribution in [-0.4, -0.2) is 43.3 Å². The SMILES string of the molecule is Clc1ccc(CNCC2CN(C3CC3)CCO2)c(Cl)c1. The normalized spacial score (nSPS) is 24.0. The Bertz CT molecular complexity index is 465. The van der Waals surface area contributed by atoms with Crippen LogP contribution in [0.25, 0.3) is 0 Å². The van der Waals surface area contributed by atoms with E-state index in [0.29, 0.717) is 10.0 Å². The lowest BCUT2D eigenvalue weighted by atomic mass is 10.2. The fraction of sp³-hybridized carbons (Fsp3) is 0.600. The highest BCUT2D eigenvalue weighted by Gasteiger charge is 2.32. The first-order chi connectivity index (χ1) is 9.72. The first kappa shape index (κ1) is 14.6. The molecule has 0 radical (unpaired) electrons. The summed E-state index contributed by atoms with van der Waals surface area (Å²) in [4.78, 5) is 2.56. The summed E-state index contributed by atoms with van der Waals surface area (Å²) >= 11 is 12.1. The summed E-state index contributed by atoms with van der Waals surface area (Å²) in [5.41, 5.74) is 1.07. The Labute approximate surface area is 130 Å². The predicted molar refractivity (Wildman–Crippen MR) is 82.5 cm³/mol. The van der Waals surface area contributed by atoms with Gasteiger partial charge in [0, 0.05) is 42.3 Å². The van der Waals surface area contributed by atoms with Gasteiger partial charge in [-0.2, -0.15) is 0 Å². The Balaban J connectivity index is 1.44. The maximum atomic E-state index is 6.16. The van der Waals surface area contributed by atoms with E-state index in [-0.39, 0.29) is 6.10 Å². The molecular formula is C15H20Cl2N2O. The number of hydrogen-bond donors (Lipinski definition) is 1. The number of halogens is 2. The molecule has 1 unspecified atom stereocenters. The molecule has 1 aliphatic carbocycles. The molecule has 0 amide bonds. The van der Waals surface area contributed by atoms with E-state index in [1.54, 1.807) is 6.07 Å². The average Bonchev–Trinajstić information content (AvgIpc) is 3.26. The summed E-state index contributed by atoms with van der Waals surface area (Å²) in [6, 6.07) is 6.45. The third-order valence-corrected chi connectivity index (χ3v) is 4.52. The summed E-state index contributed by atoms with van der Waals surface area (Å²) in [6.45, 7) is 4.60. The van der Waals surface area contributed by atoms with Crippen molar-refractivity contribution in [3.8, 4) is 0 Å². The van der Waals surface area contributed by atoms with Gasteiger partial charge in [-0.1, -0.05) is 29.3 Å². The molecular weight excluding hydrogens is 295 g/mol. The number of rotatable bonds is 5. The van der Waals surface area contributed by atoms with E-state index in [9.17, 15) is 0 Å². The van der Waals surface area contributed by atoms with Crippen molar-refractivity contribution in [3.05, 3.63) is 33.8 Å². The lowest BCUT2D eigenvalue weighted by Gasteiger charge is -2.33. The highest BCUT2D eigenvalue weighted by Crippen LogP contribution is 2.28. The Morgan fingerprint density at radius 3 is 2.90 bits per heavy atom. The van der Waals surface area contributed by atoms with Crippen molar-refractivity contribution in [1.82, 2.24) is 10.2 Å². The molecule has 110 valence electrons. The maximum Gasteiger partial charge on any atom is 0.0826 e. The van der Waals surface area contributed by atoms with Gasteiger partial charge in [-0.15, -0.1) is 0 Å². The number of hydrogen-bond acceptors (Lipinski definition) is 3. The van der Waals surface area contributed by atoms with Crippen molar-refractivity contribution in [2.45, 2.75) is 31.5 Å². The molecule has 1 N–H and O–H groups in total. The van der Waals surface area contributed by atoms with Gasteiger partial charge in [0.05, 0.1) is 12.7 Å². The molecule has 1 saturated carbocycles. The van der Waals surface area contributed by atoms with Gasteiger partial charge in [-0.25, -0.2) is 0 Å². The first-order valence-electron chi connectivity index (χ1n) is 7.22. The van der Waals surface area contributed by atoms with E-state index in [1.807, 2.05) is 12.1 Å². The molecule has 20 heavy (non-hydrogen) atoms. The van der Waals surface area contributed by atoms with Gasteiger partial charge in [0.2, 0.25) is 0 Å². The maximum absolute atomic E-state index is 6.16. The van der Waals surface area contributed by atoms with Crippen LogP contribution in [0.15, 0.2) is 18.2 Å². The molecule has 1 aliphatic heterocycles. The monoisotopic (exact) mass is 314 g/mol. The fourth-order valence-electron chi connectivity index (χ4n) is 2.67. The minimum absolute atomic E-state index is 0.287. The van der Waals surface area contributed by atoms with Crippen molar-refractivity contribution < 1.29 is 4.74 Å². The number of nitrogens with one attached hydrogen (secondary N) is 1. The van der Waals surface area contributed by atoms with Crippen LogP contribution in [0.5, 0.6) is 0 Å². The minimum Gasteiger partial charge on any atom is -0.374 e. The highest BCUT2D eigenvalue weighted by atomic mass is 35.5. The van der Waals surface area contributed by atoms with Crippen LogP contribution in [-0.2, 0) is 11.3 Å². The molecule has 3 rings (SSSR count). The lowest BCUT2D eigenvalue weighted by molar-refractivity contribution is -0.0301. The molecule has 1 atom stereocenters. The van der Waals surface area contributed by atoms with Gasteiger partial charge >= 0.3 is 0 Å². The Morgan fingerprint density at radius 2 is 2.15 bits per heavy atom. The molecule has 2 fully saturated rings. The van der Waals surface area contributed by atoms with Crippen LogP contribution in [0, 0.1) is 0 Å². The van der Waals surface area contributed by atoms with Crippen LogP contribution in [0.1, 0.15) is 18.4 Å². The molecule has 1 aromatic carbocycles. The second-order valence-corrected chi connectivity index (χ2v) is 6.43. The Hall–Kier alpha value is -0.320. The van der Waals surface area contributed by atoms with Crippen molar-refractivity contribution >= 4 is 23.2 Å². The van der Waals surface area contributed by atoms with Gasteiger partial charge in [0.25, 0.3) is 0 Å². The standard InChI is InChI=1S/C15H20Cl2N2O/c16-12-2-1-11(15(17)7-12)8-18-9-14-10-19(5-6-20-14)13-3-4-13/h1-2,7,13-14,18H,3-6,8-10H2. The van der Waals surface area contributed by atoms with E-state index >= 15 is 0 Å². The number of benzene rings is 1. The Morgan fingerprint density at radius 1 is 1.30 bits per heavy atom. The minimum atomic E-state index is 0.287. The Kier molecular flexibility index (Phi) is 4.84. The smallest absolute Gasteiger partial charge is 0.0826 e. The summed E-state index contributed by atoms with van der Waals surface area (Å²) in [7, 11) is 0. The van der Waals surface area contributed by atoms with Crippen LogP contribution >= 0.6 is 23.2 Å². The van der Waals surface area contributed by atoms with Gasteiger partial charge in [-0.3, -0.25) is 4.90 Å². The van der Waals surface area contributed by atoms with Gasteiger partial charge in [0.1, 0.15) is 0 Å². The van der Waals surface area contributed by atoms with Crippen molar-refractivity contribution in [1.29, 1.82) is 0 Å². The topological polar surface area (TPSA) is 24.5 Å². The molecule has 0 aromatic heterocycles. The summed E-state index contributed by atoms with van der Waals surface area (Å²) in [5, 5.41) is 4.82. The fourth-order valence-corrected chi connectivity index (χ4v) is 3.15. The molecule has 0 bridgehead atoms. The van der Waals surface area contributed by atoms with Gasteiger partial charge in [0.15, 0.2) is 0 Å². The first-order valence-corrected chi connectivity index (χ1v) is 7.98. The average molecular weight is 315 g/mol. The zero-order valence-electron chi connectivity index (χ0n) is 11.4. The molecule has 1 heterocycles.